The maximum Gasteiger partial charge on any atom is 0.209 e. The second kappa shape index (κ2) is 6.04. The third-order valence-corrected chi connectivity index (χ3v) is 6.24. The molecule has 0 aliphatic heterocycles. The third-order valence-electron chi connectivity index (χ3n) is 4.05. The number of nitrogens with two attached hydrogens (primary N) is 1. The van der Waals surface area contributed by atoms with E-state index >= 15 is 0 Å². The molecule has 1 aliphatic carbocycles. The van der Waals surface area contributed by atoms with Crippen LogP contribution in [0.15, 0.2) is 5.16 Å². The van der Waals surface area contributed by atoms with Gasteiger partial charge in [-0.15, -0.1) is 16.4 Å². The first-order valence-electron chi connectivity index (χ1n) is 7.64. The lowest BCUT2D eigenvalue weighted by Crippen LogP contribution is -2.01. The Morgan fingerprint density at radius 1 is 1.22 bits per heavy atom. The van der Waals surface area contributed by atoms with E-state index in [1.165, 1.54) is 41.5 Å². The number of thiophene rings is 1. The summed E-state index contributed by atoms with van der Waals surface area (Å²) in [6.07, 6.45) is 6.03. The van der Waals surface area contributed by atoms with Crippen LogP contribution in [-0.2, 0) is 25.6 Å². The van der Waals surface area contributed by atoms with Gasteiger partial charge >= 0.3 is 0 Å². The molecule has 4 rings (SSSR count). The molecule has 0 aromatic carbocycles. The number of hydrogen-bond acceptors (Lipinski definition) is 8. The van der Waals surface area contributed by atoms with E-state index in [4.69, 9.17) is 10.7 Å². The molecule has 0 bridgehead atoms. The number of nitrogens with zero attached hydrogens (tertiary/aromatic N) is 6. The number of aromatic nitrogens is 6. The zero-order chi connectivity index (χ0) is 15.8. The molecule has 7 nitrogen and oxygen atoms in total. The number of tetrazole rings is 1. The van der Waals surface area contributed by atoms with Gasteiger partial charge < -0.3 is 5.73 Å². The van der Waals surface area contributed by atoms with Gasteiger partial charge in [0, 0.05) is 11.9 Å². The maximum atomic E-state index is 6.26. The molecule has 3 aromatic heterocycles. The van der Waals surface area contributed by atoms with Crippen LogP contribution in [0.3, 0.4) is 0 Å². The SMILES string of the molecule is Cn1nnnc1SCc1nc(N)c2c3c(sc2n1)CCCCC3. The lowest BCUT2D eigenvalue weighted by Gasteiger charge is -2.04. The highest BCUT2D eigenvalue weighted by Gasteiger charge is 2.19. The summed E-state index contributed by atoms with van der Waals surface area (Å²) in [6, 6.07) is 0. The van der Waals surface area contributed by atoms with Gasteiger partial charge in [0.15, 0.2) is 0 Å². The molecule has 0 unspecified atom stereocenters. The van der Waals surface area contributed by atoms with Crippen molar-refractivity contribution in [3.05, 3.63) is 16.3 Å². The standard InChI is InChI=1S/C14H17N7S2/c1-21-14(18-19-20-21)22-7-10-16-12(15)11-8-5-3-2-4-6-9(8)23-13(11)17-10/h2-7H2,1H3,(H2,15,16,17). The predicted molar refractivity (Wildman–Crippen MR) is 91.4 cm³/mol. The molecule has 2 N–H and O–H groups in total. The normalized spacial score (nSPS) is 14.8. The van der Waals surface area contributed by atoms with Crippen LogP contribution in [0.4, 0.5) is 5.82 Å². The van der Waals surface area contributed by atoms with E-state index in [2.05, 4.69) is 20.5 Å². The first-order valence-corrected chi connectivity index (χ1v) is 9.44. The van der Waals surface area contributed by atoms with Gasteiger partial charge in [0.2, 0.25) is 5.16 Å². The molecule has 1 aliphatic rings. The molecule has 23 heavy (non-hydrogen) atoms. The van der Waals surface area contributed by atoms with Crippen molar-refractivity contribution in [2.45, 2.75) is 43.0 Å². The Morgan fingerprint density at radius 2 is 2.09 bits per heavy atom. The number of rotatable bonds is 3. The summed E-state index contributed by atoms with van der Waals surface area (Å²) in [5.74, 6) is 1.96. The molecule has 3 aromatic rings. The highest BCUT2D eigenvalue weighted by molar-refractivity contribution is 7.98. The van der Waals surface area contributed by atoms with Gasteiger partial charge in [0.1, 0.15) is 16.5 Å². The molecule has 120 valence electrons. The van der Waals surface area contributed by atoms with Gasteiger partial charge in [0.05, 0.1) is 11.1 Å². The molecule has 0 saturated heterocycles. The average Bonchev–Trinajstić information content (AvgIpc) is 3.01. The number of fused-ring (bicyclic) bond motifs is 3. The molecule has 0 saturated carbocycles. The van der Waals surface area contributed by atoms with Crippen molar-refractivity contribution in [2.24, 2.45) is 7.05 Å². The predicted octanol–water partition coefficient (Wildman–Crippen LogP) is 2.36. The molecule has 0 amide bonds. The summed E-state index contributed by atoms with van der Waals surface area (Å²) >= 11 is 3.30. The van der Waals surface area contributed by atoms with Crippen LogP contribution < -0.4 is 5.73 Å². The van der Waals surface area contributed by atoms with E-state index in [9.17, 15) is 0 Å². The van der Waals surface area contributed by atoms with Crippen molar-refractivity contribution in [3.8, 4) is 0 Å². The fraction of sp³-hybridized carbons (Fsp3) is 0.500. The minimum Gasteiger partial charge on any atom is -0.383 e. The Bertz CT molecular complexity index is 854. The zero-order valence-corrected chi connectivity index (χ0v) is 14.5. The fourth-order valence-electron chi connectivity index (χ4n) is 2.95. The first-order chi connectivity index (χ1) is 11.2. The number of nitrogen functional groups attached to an aromatic ring is 1. The minimum atomic E-state index is 0.608. The van der Waals surface area contributed by atoms with E-state index in [0.717, 1.165) is 34.0 Å². The molecule has 0 atom stereocenters. The van der Waals surface area contributed by atoms with Crippen LogP contribution in [0, 0.1) is 0 Å². The van der Waals surface area contributed by atoms with Crippen molar-refractivity contribution in [1.82, 2.24) is 30.2 Å². The van der Waals surface area contributed by atoms with E-state index in [0.29, 0.717) is 11.6 Å². The van der Waals surface area contributed by atoms with Gasteiger partial charge in [-0.2, -0.15) is 0 Å². The Kier molecular flexibility index (Phi) is 3.90. The Morgan fingerprint density at radius 3 is 2.91 bits per heavy atom. The maximum absolute atomic E-state index is 6.26. The molecular weight excluding hydrogens is 330 g/mol. The summed E-state index contributed by atoms with van der Waals surface area (Å²) < 4.78 is 1.64. The summed E-state index contributed by atoms with van der Waals surface area (Å²) in [4.78, 5) is 11.7. The van der Waals surface area contributed by atoms with E-state index < -0.39 is 0 Å². The van der Waals surface area contributed by atoms with E-state index in [1.54, 1.807) is 16.0 Å². The molecule has 0 radical (unpaired) electrons. The van der Waals surface area contributed by atoms with Crippen molar-refractivity contribution < 1.29 is 0 Å². The quantitative estimate of drug-likeness (QED) is 0.574. The van der Waals surface area contributed by atoms with Crippen LogP contribution in [0.5, 0.6) is 0 Å². The highest BCUT2D eigenvalue weighted by atomic mass is 32.2. The molecule has 9 heteroatoms. The van der Waals surface area contributed by atoms with Crippen LogP contribution in [0.25, 0.3) is 10.2 Å². The van der Waals surface area contributed by atoms with Crippen LogP contribution in [-0.4, -0.2) is 30.2 Å². The lowest BCUT2D eigenvalue weighted by atomic mass is 10.1. The second-order valence-corrected chi connectivity index (χ2v) is 7.67. The number of thioether (sulfide) groups is 1. The summed E-state index contributed by atoms with van der Waals surface area (Å²) in [5.41, 5.74) is 7.64. The second-order valence-electron chi connectivity index (χ2n) is 5.64. The van der Waals surface area contributed by atoms with Gasteiger partial charge in [0.25, 0.3) is 0 Å². The molecular formula is C14H17N7S2. The van der Waals surface area contributed by atoms with Crippen LogP contribution >= 0.6 is 23.1 Å². The number of anilines is 1. The lowest BCUT2D eigenvalue weighted by molar-refractivity contribution is 0.664. The molecule has 3 heterocycles. The monoisotopic (exact) mass is 347 g/mol. The highest BCUT2D eigenvalue weighted by Crippen LogP contribution is 2.37. The summed E-state index contributed by atoms with van der Waals surface area (Å²) in [5, 5.41) is 13.2. The largest absolute Gasteiger partial charge is 0.383 e. The minimum absolute atomic E-state index is 0.608. The van der Waals surface area contributed by atoms with Crippen molar-refractivity contribution in [1.29, 1.82) is 0 Å². The van der Waals surface area contributed by atoms with Crippen molar-refractivity contribution in [3.63, 3.8) is 0 Å². The van der Waals surface area contributed by atoms with Gasteiger partial charge in [-0.05, 0) is 41.7 Å². The fourth-order valence-corrected chi connectivity index (χ4v) is 4.94. The first kappa shape index (κ1) is 14.8. The Hall–Kier alpha value is -1.74. The Labute approximate surface area is 141 Å². The average molecular weight is 347 g/mol. The topological polar surface area (TPSA) is 95.4 Å². The van der Waals surface area contributed by atoms with Gasteiger partial charge in [-0.25, -0.2) is 14.6 Å². The number of hydrogen-bond donors (Lipinski definition) is 1. The third kappa shape index (κ3) is 2.78. The Balaban J connectivity index is 1.66. The zero-order valence-electron chi connectivity index (χ0n) is 12.8. The van der Waals surface area contributed by atoms with Crippen molar-refractivity contribution >= 4 is 39.1 Å². The molecule has 0 spiro atoms. The van der Waals surface area contributed by atoms with E-state index in [-0.39, 0.29) is 0 Å². The van der Waals surface area contributed by atoms with E-state index in [1.807, 2.05) is 7.05 Å². The summed E-state index contributed by atoms with van der Waals surface area (Å²) in [6.45, 7) is 0. The van der Waals surface area contributed by atoms with Crippen LogP contribution in [0.2, 0.25) is 0 Å². The van der Waals surface area contributed by atoms with Crippen LogP contribution in [0.1, 0.15) is 35.5 Å². The summed E-state index contributed by atoms with van der Waals surface area (Å²) in [7, 11) is 1.82. The van der Waals surface area contributed by atoms with Crippen molar-refractivity contribution in [2.75, 3.05) is 5.73 Å². The smallest absolute Gasteiger partial charge is 0.209 e. The van der Waals surface area contributed by atoms with Gasteiger partial charge in [-0.1, -0.05) is 18.2 Å². The van der Waals surface area contributed by atoms with Gasteiger partial charge in [-0.3, -0.25) is 0 Å². The number of aryl methyl sites for hydroxylation is 3. The molecule has 0 fully saturated rings.